The van der Waals surface area contributed by atoms with Crippen molar-refractivity contribution in [2.24, 2.45) is 0 Å². The predicted molar refractivity (Wildman–Crippen MR) is 78.8 cm³/mol. The van der Waals surface area contributed by atoms with E-state index in [4.69, 9.17) is 4.74 Å². The molecule has 0 fully saturated rings. The molecule has 3 rings (SSSR count). The van der Waals surface area contributed by atoms with Crippen LogP contribution >= 0.6 is 0 Å². The molecular weight excluding hydrogens is 250 g/mol. The first-order chi connectivity index (χ1) is 9.81. The van der Waals surface area contributed by atoms with E-state index in [9.17, 15) is 0 Å². The van der Waals surface area contributed by atoms with Crippen LogP contribution in [0.1, 0.15) is 36.2 Å². The number of hydrogen-bond donors (Lipinski definition) is 1. The van der Waals surface area contributed by atoms with Gasteiger partial charge in [-0.3, -0.25) is 0 Å². The predicted octanol–water partition coefficient (Wildman–Crippen LogP) is 2.69. The van der Waals surface area contributed by atoms with Gasteiger partial charge < -0.3 is 14.6 Å². The van der Waals surface area contributed by atoms with E-state index in [0.29, 0.717) is 12.6 Å². The first kappa shape index (κ1) is 13.2. The molecule has 1 unspecified atom stereocenters. The smallest absolute Gasteiger partial charge is 0.130 e. The van der Waals surface area contributed by atoms with Crippen LogP contribution in [-0.4, -0.2) is 16.6 Å². The van der Waals surface area contributed by atoms with Crippen LogP contribution in [0.25, 0.3) is 0 Å². The van der Waals surface area contributed by atoms with Gasteiger partial charge in [0.25, 0.3) is 0 Å². The average molecular weight is 271 g/mol. The number of nitrogens with zero attached hydrogens (tertiary/aromatic N) is 2. The lowest BCUT2D eigenvalue weighted by atomic mass is 10.1. The zero-order valence-electron chi connectivity index (χ0n) is 12.1. The summed E-state index contributed by atoms with van der Waals surface area (Å²) in [4.78, 5) is 4.16. The Hall–Kier alpha value is -1.81. The molecule has 1 N–H and O–H groups in total. The monoisotopic (exact) mass is 271 g/mol. The van der Waals surface area contributed by atoms with Crippen LogP contribution in [0.4, 0.5) is 0 Å². The van der Waals surface area contributed by atoms with Crippen molar-refractivity contribution in [3.05, 3.63) is 47.5 Å². The fourth-order valence-electron chi connectivity index (χ4n) is 2.89. The second-order valence-corrected chi connectivity index (χ2v) is 5.20. The summed E-state index contributed by atoms with van der Waals surface area (Å²) in [6.07, 6.45) is 6.02. The fraction of sp³-hybridized carbons (Fsp3) is 0.438. The highest BCUT2D eigenvalue weighted by Crippen LogP contribution is 2.33. The van der Waals surface area contributed by atoms with Gasteiger partial charge in [0, 0.05) is 12.6 Å². The number of aromatic nitrogens is 2. The molecule has 0 saturated heterocycles. The van der Waals surface area contributed by atoms with E-state index in [1.165, 1.54) is 17.5 Å². The summed E-state index contributed by atoms with van der Waals surface area (Å²) >= 11 is 0. The molecule has 0 amide bonds. The summed E-state index contributed by atoms with van der Waals surface area (Å²) in [5, 5.41) is 3.36. The second-order valence-electron chi connectivity index (χ2n) is 5.20. The van der Waals surface area contributed by atoms with Crippen molar-refractivity contribution in [2.75, 3.05) is 7.05 Å². The van der Waals surface area contributed by atoms with Crippen LogP contribution in [0.3, 0.4) is 0 Å². The number of fused-ring (bicyclic) bond motifs is 1. The summed E-state index contributed by atoms with van der Waals surface area (Å²) in [5.74, 6) is 0.948. The van der Waals surface area contributed by atoms with E-state index in [2.05, 4.69) is 40.0 Å². The molecule has 4 nitrogen and oxygen atoms in total. The molecule has 1 atom stereocenters. The summed E-state index contributed by atoms with van der Waals surface area (Å²) in [7, 11) is 2.02. The van der Waals surface area contributed by atoms with Gasteiger partial charge in [0.2, 0.25) is 0 Å². The van der Waals surface area contributed by atoms with Crippen LogP contribution in [0, 0.1) is 0 Å². The van der Waals surface area contributed by atoms with Crippen molar-refractivity contribution in [2.45, 2.75) is 39.0 Å². The average Bonchev–Trinajstić information content (AvgIpc) is 3.10. The van der Waals surface area contributed by atoms with Gasteiger partial charge in [0.05, 0.1) is 18.2 Å². The number of rotatable bonds is 5. The Labute approximate surface area is 119 Å². The molecular formula is C16H21N3O. The highest BCUT2D eigenvalue weighted by molar-refractivity contribution is 5.40. The molecule has 1 aromatic heterocycles. The van der Waals surface area contributed by atoms with Crippen molar-refractivity contribution in [3.8, 4) is 5.75 Å². The maximum Gasteiger partial charge on any atom is 0.130 e. The number of hydrogen-bond acceptors (Lipinski definition) is 3. The molecule has 0 saturated carbocycles. The Kier molecular flexibility index (Phi) is 3.74. The molecule has 4 heteroatoms. The molecule has 0 radical (unpaired) electrons. The van der Waals surface area contributed by atoms with Crippen molar-refractivity contribution in [1.82, 2.24) is 14.9 Å². The van der Waals surface area contributed by atoms with Gasteiger partial charge in [-0.15, -0.1) is 0 Å². The third-order valence-corrected chi connectivity index (χ3v) is 4.07. The Balaban J connectivity index is 1.70. The number of ether oxygens (including phenoxy) is 1. The number of benzene rings is 1. The zero-order chi connectivity index (χ0) is 13.9. The lowest BCUT2D eigenvalue weighted by molar-refractivity contribution is 0.295. The second kappa shape index (κ2) is 5.67. The largest absolute Gasteiger partial charge is 0.487 e. The molecule has 1 aromatic carbocycles. The Morgan fingerprint density at radius 1 is 1.45 bits per heavy atom. The van der Waals surface area contributed by atoms with Gasteiger partial charge in [-0.05, 0) is 50.1 Å². The lowest BCUT2D eigenvalue weighted by Gasteiger charge is -2.12. The molecule has 1 heterocycles. The SMILES string of the molecule is CCn1cncc1COc1ccc2c(c1)CCC2NC. The quantitative estimate of drug-likeness (QED) is 0.908. The standard InChI is InChI=1S/C16H21N3O/c1-3-19-11-18-9-13(19)10-20-14-5-6-15-12(8-14)4-7-16(15)17-2/h5-6,8-9,11,16-17H,3-4,7,10H2,1-2H3. The van der Waals surface area contributed by atoms with Gasteiger partial charge in [-0.25, -0.2) is 4.98 Å². The van der Waals surface area contributed by atoms with Crippen molar-refractivity contribution in [1.29, 1.82) is 0 Å². The van der Waals surface area contributed by atoms with Gasteiger partial charge in [-0.1, -0.05) is 6.07 Å². The summed E-state index contributed by atoms with van der Waals surface area (Å²) in [5.41, 5.74) is 3.94. The number of nitrogens with one attached hydrogen (secondary N) is 1. The van der Waals surface area contributed by atoms with E-state index in [0.717, 1.165) is 24.4 Å². The van der Waals surface area contributed by atoms with Gasteiger partial charge >= 0.3 is 0 Å². The Morgan fingerprint density at radius 3 is 3.15 bits per heavy atom. The van der Waals surface area contributed by atoms with Crippen LogP contribution in [0.5, 0.6) is 5.75 Å². The first-order valence-corrected chi connectivity index (χ1v) is 7.23. The highest BCUT2D eigenvalue weighted by Gasteiger charge is 2.21. The number of imidazole rings is 1. The molecule has 0 bridgehead atoms. The fourth-order valence-corrected chi connectivity index (χ4v) is 2.89. The van der Waals surface area contributed by atoms with E-state index in [-0.39, 0.29) is 0 Å². The first-order valence-electron chi connectivity index (χ1n) is 7.23. The van der Waals surface area contributed by atoms with E-state index in [1.54, 1.807) is 0 Å². The molecule has 2 aromatic rings. The zero-order valence-corrected chi connectivity index (χ0v) is 12.1. The summed E-state index contributed by atoms with van der Waals surface area (Å²) < 4.78 is 8.01. The van der Waals surface area contributed by atoms with Crippen molar-refractivity contribution in [3.63, 3.8) is 0 Å². The summed E-state index contributed by atoms with van der Waals surface area (Å²) in [6, 6.07) is 6.94. The highest BCUT2D eigenvalue weighted by atomic mass is 16.5. The van der Waals surface area contributed by atoms with E-state index < -0.39 is 0 Å². The van der Waals surface area contributed by atoms with Crippen LogP contribution in [0.15, 0.2) is 30.7 Å². The molecule has 0 aliphatic heterocycles. The maximum atomic E-state index is 5.91. The van der Waals surface area contributed by atoms with Gasteiger partial charge in [0.15, 0.2) is 0 Å². The van der Waals surface area contributed by atoms with Crippen LogP contribution in [-0.2, 0) is 19.6 Å². The lowest BCUT2D eigenvalue weighted by Crippen LogP contribution is -2.12. The maximum absolute atomic E-state index is 5.91. The molecule has 106 valence electrons. The van der Waals surface area contributed by atoms with Crippen LogP contribution < -0.4 is 10.1 Å². The van der Waals surface area contributed by atoms with Crippen molar-refractivity contribution < 1.29 is 4.74 Å². The minimum atomic E-state index is 0.501. The minimum Gasteiger partial charge on any atom is -0.487 e. The van der Waals surface area contributed by atoms with Crippen LogP contribution in [0.2, 0.25) is 0 Å². The third kappa shape index (κ3) is 2.43. The molecule has 1 aliphatic rings. The summed E-state index contributed by atoms with van der Waals surface area (Å²) in [6.45, 7) is 3.60. The molecule has 1 aliphatic carbocycles. The molecule has 0 spiro atoms. The van der Waals surface area contributed by atoms with Gasteiger partial charge in [-0.2, -0.15) is 0 Å². The van der Waals surface area contributed by atoms with Crippen molar-refractivity contribution >= 4 is 0 Å². The van der Waals surface area contributed by atoms with Gasteiger partial charge in [0.1, 0.15) is 12.4 Å². The normalized spacial score (nSPS) is 17.2. The Morgan fingerprint density at radius 2 is 2.35 bits per heavy atom. The topological polar surface area (TPSA) is 39.1 Å². The number of aryl methyl sites for hydroxylation is 2. The van der Waals surface area contributed by atoms with E-state index in [1.807, 2.05) is 19.6 Å². The molecule has 20 heavy (non-hydrogen) atoms. The Bertz CT molecular complexity index is 591. The third-order valence-electron chi connectivity index (χ3n) is 4.07. The van der Waals surface area contributed by atoms with E-state index >= 15 is 0 Å². The minimum absolute atomic E-state index is 0.501.